The van der Waals surface area contributed by atoms with Crippen molar-refractivity contribution in [3.8, 4) is 84.3 Å². The molecule has 3 aromatic heterocycles. The Bertz CT molecular complexity index is 4990. The number of benzene rings is 9. The van der Waals surface area contributed by atoms with E-state index in [0.717, 1.165) is 119 Å². The molecule has 0 saturated heterocycles. The molecular formula is C82H80N4O. The predicted octanol–water partition coefficient (Wildman–Crippen LogP) is 21.5. The molecule has 0 spiro atoms. The molecule has 0 bridgehead atoms. The summed E-state index contributed by atoms with van der Waals surface area (Å²) >= 11 is 0. The number of nitrogens with zero attached hydrogens (tertiary/aromatic N) is 4. The smallest absolute Gasteiger partial charge is 0.269 e. The van der Waals surface area contributed by atoms with E-state index in [0.29, 0.717) is 17.1 Å². The maximum Gasteiger partial charge on any atom is 0.269 e. The van der Waals surface area contributed by atoms with Gasteiger partial charge in [-0.15, -0.1) is 0 Å². The molecule has 1 aliphatic carbocycles. The highest BCUT2D eigenvalue weighted by Gasteiger charge is 2.39. The summed E-state index contributed by atoms with van der Waals surface area (Å²) in [6.07, 6.45) is 7.94. The van der Waals surface area contributed by atoms with Gasteiger partial charge in [-0.25, -0.2) is 4.98 Å². The van der Waals surface area contributed by atoms with Gasteiger partial charge >= 0.3 is 0 Å². The molecule has 434 valence electrons. The molecule has 12 aromatic rings. The molecule has 5 nitrogen and oxygen atoms in total. The highest BCUT2D eigenvalue weighted by Crippen LogP contribution is 2.54. The Hall–Kier alpha value is -8.80. The molecule has 0 N–H and O–H groups in total. The number of hydrogen-bond acceptors (Lipinski definition) is 2. The molecule has 14 rings (SSSR count). The van der Waals surface area contributed by atoms with Crippen LogP contribution in [0.4, 0.5) is 0 Å². The topological polar surface area (TPSA) is 35.9 Å². The average molecular weight is 1140 g/mol. The lowest BCUT2D eigenvalue weighted by atomic mass is 9.62. The molecule has 5 heteroatoms. The van der Waals surface area contributed by atoms with Crippen molar-refractivity contribution in [2.24, 2.45) is 0 Å². The molecule has 9 aromatic carbocycles. The van der Waals surface area contributed by atoms with Gasteiger partial charge in [0.1, 0.15) is 17.3 Å². The molecule has 0 unspecified atom stereocenters. The second-order valence-corrected chi connectivity index (χ2v) is 28.9. The van der Waals surface area contributed by atoms with Gasteiger partial charge in [-0.05, 0) is 215 Å². The second kappa shape index (κ2) is 19.9. The Labute approximate surface area is 523 Å². The number of hydrogen-bond donors (Lipinski definition) is 0. The zero-order valence-electron chi connectivity index (χ0n) is 58.5. The summed E-state index contributed by atoms with van der Waals surface area (Å²) in [5.74, 6) is 2.14. The fourth-order valence-corrected chi connectivity index (χ4v) is 13.8. The Morgan fingerprint density at radius 3 is 1.74 bits per heavy atom. The van der Waals surface area contributed by atoms with Gasteiger partial charge in [-0.3, -0.25) is 13.7 Å². The fourth-order valence-electron chi connectivity index (χ4n) is 13.8. The van der Waals surface area contributed by atoms with E-state index in [1.807, 2.05) is 24.4 Å². The molecule has 0 radical (unpaired) electrons. The van der Waals surface area contributed by atoms with Crippen LogP contribution in [-0.2, 0) is 27.1 Å². The largest absolute Gasteiger partial charge is 0.458 e. The first kappa shape index (κ1) is 49.3. The number of pyridine rings is 1. The zero-order valence-corrected chi connectivity index (χ0v) is 52.5. The van der Waals surface area contributed by atoms with Crippen molar-refractivity contribution in [1.29, 1.82) is 0 Å². The van der Waals surface area contributed by atoms with Crippen LogP contribution < -0.4 is 9.30 Å². The Morgan fingerprint density at radius 1 is 0.483 bits per heavy atom. The SMILES string of the molecule is [2H]C([2H])([2H])c1cccc(C([2H])([2H])[2H])c1-c1cc(-c2cc(C(C)(C)C)cc(C(C)(C)C)c2)c2c(c1)-c1cc3c(cc1-c1ccccc1-c1cccc4c1[n+]-2[c-]n4-c1cccc(Oc2ccc4c5ccccc5n(-c5cc(C(C)(C)C)ccn5)c4c2)c1)C(C)(C)CCC3(C)C. The zero-order chi connectivity index (χ0) is 65.9. The van der Waals surface area contributed by atoms with E-state index in [9.17, 15) is 0 Å². The summed E-state index contributed by atoms with van der Waals surface area (Å²) in [5.41, 5.74) is 18.7. The standard InChI is InChI=1S/C82H80N4O/c1-50-23-20-24-51(2)75(50)53-41-65(52-39-55(79(6,7)8)43-56(40-52)80(9,10)11)76-68(42-53)67-48-70-69(81(12,13)36-37-82(70,14)15)47-66(67)61-28-17-16-27-60(61)64-30-22-32-72-77(64)85(76)49-84(72)57-25-21-26-58(45-57)87-59-33-34-63-62-29-18-19-31-71(62)86(73(63)46-59)74-44-54(35-38-83-74)78(3,4)5/h16-35,38-48H,36-37H2,1-15H3/i1D3,2D3. The van der Waals surface area contributed by atoms with Crippen LogP contribution >= 0.6 is 0 Å². The third-order valence-electron chi connectivity index (χ3n) is 18.9. The molecule has 87 heavy (non-hydrogen) atoms. The summed E-state index contributed by atoms with van der Waals surface area (Å²) in [7, 11) is 0. The van der Waals surface area contributed by atoms with Crippen molar-refractivity contribution >= 4 is 32.8 Å². The van der Waals surface area contributed by atoms with Gasteiger partial charge in [-0.1, -0.05) is 199 Å². The van der Waals surface area contributed by atoms with Gasteiger partial charge in [0.25, 0.3) is 6.33 Å². The van der Waals surface area contributed by atoms with Crippen molar-refractivity contribution in [1.82, 2.24) is 14.1 Å². The quantitative estimate of drug-likeness (QED) is 0.123. The number of para-hydroxylation sites is 2. The predicted molar refractivity (Wildman–Crippen MR) is 364 cm³/mol. The number of ether oxygens (including phenoxy) is 1. The minimum atomic E-state index is -2.67. The number of aryl methyl sites for hydroxylation is 2. The minimum Gasteiger partial charge on any atom is -0.458 e. The molecule has 0 saturated carbocycles. The lowest BCUT2D eigenvalue weighted by molar-refractivity contribution is -0.570. The van der Waals surface area contributed by atoms with E-state index in [1.165, 1.54) is 16.7 Å². The van der Waals surface area contributed by atoms with Gasteiger partial charge in [-0.2, -0.15) is 0 Å². The molecule has 1 aliphatic heterocycles. The Morgan fingerprint density at radius 2 is 1.06 bits per heavy atom. The summed E-state index contributed by atoms with van der Waals surface area (Å²) in [6.45, 7) is 24.2. The van der Waals surface area contributed by atoms with Gasteiger partial charge in [0.05, 0.1) is 33.4 Å². The summed E-state index contributed by atoms with van der Waals surface area (Å²) in [4.78, 5) is 4.95. The summed E-state index contributed by atoms with van der Waals surface area (Å²) in [5, 5.41) is 2.22. The fraction of sp³-hybridized carbons (Fsp3) is 0.268. The first-order valence-electron chi connectivity index (χ1n) is 33.8. The maximum absolute atomic E-state index is 9.10. The monoisotopic (exact) mass is 1140 g/mol. The van der Waals surface area contributed by atoms with Crippen molar-refractivity contribution in [3.05, 3.63) is 233 Å². The lowest BCUT2D eigenvalue weighted by Gasteiger charge is -2.42. The van der Waals surface area contributed by atoms with E-state index >= 15 is 0 Å². The Balaban J connectivity index is 1.08. The average Bonchev–Trinajstić information content (AvgIpc) is 1.66. The highest BCUT2D eigenvalue weighted by molar-refractivity contribution is 6.10. The van der Waals surface area contributed by atoms with Crippen molar-refractivity contribution in [2.75, 3.05) is 0 Å². The van der Waals surface area contributed by atoms with E-state index in [1.54, 1.807) is 18.2 Å². The van der Waals surface area contributed by atoms with Crippen LogP contribution in [0.3, 0.4) is 0 Å². The van der Waals surface area contributed by atoms with Crippen LogP contribution in [0.2, 0.25) is 0 Å². The van der Waals surface area contributed by atoms with E-state index in [-0.39, 0.29) is 43.8 Å². The normalized spacial score (nSPS) is 15.8. The number of rotatable bonds is 6. The summed E-state index contributed by atoms with van der Waals surface area (Å²) in [6, 6.07) is 63.1. The van der Waals surface area contributed by atoms with Crippen LogP contribution in [0.25, 0.3) is 106 Å². The van der Waals surface area contributed by atoms with Crippen molar-refractivity contribution in [3.63, 3.8) is 0 Å². The third kappa shape index (κ3) is 9.43. The van der Waals surface area contributed by atoms with Gasteiger partial charge < -0.3 is 4.74 Å². The first-order chi connectivity index (χ1) is 43.7. The first-order valence-corrected chi connectivity index (χ1v) is 30.8. The van der Waals surface area contributed by atoms with Crippen LogP contribution in [-0.4, -0.2) is 14.1 Å². The van der Waals surface area contributed by atoms with Gasteiger partial charge in [0.2, 0.25) is 0 Å². The van der Waals surface area contributed by atoms with Crippen molar-refractivity contribution in [2.45, 2.75) is 144 Å². The van der Waals surface area contributed by atoms with Crippen molar-refractivity contribution < 1.29 is 17.5 Å². The third-order valence-corrected chi connectivity index (χ3v) is 18.9. The van der Waals surface area contributed by atoms with E-state index in [2.05, 4.69) is 256 Å². The lowest BCUT2D eigenvalue weighted by Crippen LogP contribution is -2.34. The number of fused-ring (bicyclic) bond motifs is 11. The maximum atomic E-state index is 9.10. The van der Waals surface area contributed by atoms with Crippen LogP contribution in [0.15, 0.2) is 188 Å². The highest BCUT2D eigenvalue weighted by atomic mass is 16.5. The van der Waals surface area contributed by atoms with Gasteiger partial charge in [0.15, 0.2) is 0 Å². The van der Waals surface area contributed by atoms with Crippen LogP contribution in [0.1, 0.15) is 150 Å². The molecule has 0 amide bonds. The van der Waals surface area contributed by atoms with Crippen LogP contribution in [0.5, 0.6) is 11.5 Å². The van der Waals surface area contributed by atoms with E-state index in [4.69, 9.17) is 17.9 Å². The number of imidazole rings is 1. The molecule has 0 fully saturated rings. The molecule has 0 atom stereocenters. The van der Waals surface area contributed by atoms with Crippen LogP contribution in [0, 0.1) is 20.0 Å². The van der Waals surface area contributed by atoms with E-state index < -0.39 is 13.7 Å². The Kier molecular flexibility index (Phi) is 11.3. The molecule has 4 heterocycles. The minimum absolute atomic E-state index is 0.0202. The summed E-state index contributed by atoms with van der Waals surface area (Å²) < 4.78 is 68.2. The van der Waals surface area contributed by atoms with Gasteiger partial charge in [0, 0.05) is 31.3 Å². The second-order valence-electron chi connectivity index (χ2n) is 28.9. The number of aromatic nitrogens is 4. The molecular weight excluding hydrogens is 1060 g/mol. The molecule has 2 aliphatic rings.